The summed E-state index contributed by atoms with van der Waals surface area (Å²) >= 11 is 1.84. The van der Waals surface area contributed by atoms with Crippen molar-refractivity contribution in [2.45, 2.75) is 5.41 Å². The predicted molar refractivity (Wildman–Crippen MR) is 224 cm³/mol. The van der Waals surface area contributed by atoms with Gasteiger partial charge in [0.2, 0.25) is 0 Å². The van der Waals surface area contributed by atoms with E-state index in [-0.39, 0.29) is 0 Å². The third kappa shape index (κ3) is 3.66. The molecule has 8 aromatic carbocycles. The fraction of sp³-hybridized carbons (Fsp3) is 0.0204. The predicted octanol–water partition coefficient (Wildman–Crippen LogP) is 11.5. The van der Waals surface area contributed by atoms with Gasteiger partial charge in [-0.15, -0.1) is 11.3 Å². The molecule has 4 heteroatoms. The first-order chi connectivity index (χ1) is 26.2. The van der Waals surface area contributed by atoms with Gasteiger partial charge in [0.05, 0.1) is 22.1 Å². The minimum atomic E-state index is -3.32. The van der Waals surface area contributed by atoms with E-state index in [1.165, 1.54) is 53.1 Å². The summed E-state index contributed by atoms with van der Waals surface area (Å²) in [6.45, 7) is 0. The topological polar surface area (TPSA) is 22.0 Å². The molecule has 0 amide bonds. The number of hydrogen-bond acceptors (Lipinski definition) is 2. The standard InChI is InChI=1S/C49H30NOPS/c51-52(33-13-2-1-3-14-33)44-23-10-7-19-39(44)49(38-18-6-9-22-43(38)50-42-21-8-4-15-34(42)36-17-12-20-40(49)48(36)50)41-30-32(25-27-45(41)52)31-26-28-47-37(29-31)35-16-5-11-24-46(35)53-47/h1-30H. The number of benzene rings is 8. The van der Waals surface area contributed by atoms with E-state index < -0.39 is 12.6 Å². The first-order valence-electron chi connectivity index (χ1n) is 18.1. The Bertz CT molecular complexity index is 3230. The van der Waals surface area contributed by atoms with Crippen molar-refractivity contribution >= 4 is 76.4 Å². The Hall–Kier alpha value is -5.99. The average molecular weight is 712 g/mol. The molecule has 2 aliphatic heterocycles. The molecule has 0 saturated heterocycles. The van der Waals surface area contributed by atoms with Crippen molar-refractivity contribution in [3.8, 4) is 16.8 Å². The van der Waals surface area contributed by atoms with Crippen LogP contribution in [0.25, 0.3) is 58.8 Å². The first-order valence-corrected chi connectivity index (χ1v) is 20.6. The third-order valence-corrected chi connectivity index (χ3v) is 16.2. The molecule has 0 bridgehead atoms. The fourth-order valence-corrected chi connectivity index (χ4v) is 14.0. The zero-order valence-electron chi connectivity index (χ0n) is 28.5. The lowest BCUT2D eigenvalue weighted by Gasteiger charge is -2.47. The molecular weight excluding hydrogens is 682 g/mol. The van der Waals surface area contributed by atoms with Crippen LogP contribution in [0.1, 0.15) is 22.3 Å². The number of nitrogens with zero attached hydrogens (tertiary/aromatic N) is 1. The number of para-hydroxylation sites is 3. The Balaban J connectivity index is 1.26. The van der Waals surface area contributed by atoms with E-state index in [4.69, 9.17) is 0 Å². The molecule has 0 aliphatic carbocycles. The van der Waals surface area contributed by atoms with E-state index in [0.717, 1.165) is 43.9 Å². The molecular formula is C49H30NOPS. The number of aromatic nitrogens is 1. The summed E-state index contributed by atoms with van der Waals surface area (Å²) in [7, 11) is -3.32. The van der Waals surface area contributed by atoms with E-state index in [9.17, 15) is 0 Å². The highest BCUT2D eigenvalue weighted by Gasteiger charge is 2.54. The first kappa shape index (κ1) is 29.6. The maximum atomic E-state index is 16.4. The number of thiophene rings is 1. The van der Waals surface area contributed by atoms with Gasteiger partial charge in [0.25, 0.3) is 0 Å². The monoisotopic (exact) mass is 711 g/mol. The molecule has 2 aliphatic rings. The maximum Gasteiger partial charge on any atom is 0.171 e. The molecule has 2 atom stereocenters. The van der Waals surface area contributed by atoms with Crippen LogP contribution in [0.15, 0.2) is 182 Å². The summed E-state index contributed by atoms with van der Waals surface area (Å²) in [6.07, 6.45) is 0. The molecule has 12 rings (SSSR count). The van der Waals surface area contributed by atoms with E-state index >= 15 is 4.57 Å². The Morgan fingerprint density at radius 2 is 1.09 bits per heavy atom. The van der Waals surface area contributed by atoms with Gasteiger partial charge in [-0.25, -0.2) is 0 Å². The molecule has 10 aromatic rings. The lowest BCUT2D eigenvalue weighted by atomic mass is 9.62. The van der Waals surface area contributed by atoms with Gasteiger partial charge < -0.3 is 9.13 Å². The van der Waals surface area contributed by atoms with Crippen LogP contribution in [0.4, 0.5) is 0 Å². The maximum absolute atomic E-state index is 16.4. The zero-order valence-corrected chi connectivity index (χ0v) is 30.2. The molecule has 53 heavy (non-hydrogen) atoms. The largest absolute Gasteiger partial charge is 0.309 e. The second kappa shape index (κ2) is 10.5. The molecule has 0 N–H and O–H groups in total. The molecule has 2 unspecified atom stereocenters. The van der Waals surface area contributed by atoms with Crippen molar-refractivity contribution in [2.75, 3.05) is 0 Å². The van der Waals surface area contributed by atoms with Gasteiger partial charge in [-0.2, -0.15) is 0 Å². The van der Waals surface area contributed by atoms with Crippen LogP contribution in [0.5, 0.6) is 0 Å². The molecule has 248 valence electrons. The quantitative estimate of drug-likeness (QED) is 0.164. The highest BCUT2D eigenvalue weighted by Crippen LogP contribution is 2.61. The van der Waals surface area contributed by atoms with E-state index in [1.54, 1.807) is 0 Å². The third-order valence-electron chi connectivity index (χ3n) is 11.9. The summed E-state index contributed by atoms with van der Waals surface area (Å²) in [5.41, 5.74) is 9.71. The summed E-state index contributed by atoms with van der Waals surface area (Å²) in [5, 5.41) is 7.70. The molecule has 1 spiro atoms. The summed E-state index contributed by atoms with van der Waals surface area (Å²) in [4.78, 5) is 0. The highest BCUT2D eigenvalue weighted by atomic mass is 32.1. The molecule has 2 nitrogen and oxygen atoms in total. The molecule has 2 aromatic heterocycles. The molecule has 0 radical (unpaired) electrons. The smallest absolute Gasteiger partial charge is 0.171 e. The van der Waals surface area contributed by atoms with Gasteiger partial charge in [-0.05, 0) is 75.8 Å². The van der Waals surface area contributed by atoms with Gasteiger partial charge >= 0.3 is 0 Å². The van der Waals surface area contributed by atoms with Crippen molar-refractivity contribution in [1.82, 2.24) is 4.57 Å². The van der Waals surface area contributed by atoms with Crippen molar-refractivity contribution in [3.05, 3.63) is 204 Å². The van der Waals surface area contributed by atoms with Crippen molar-refractivity contribution in [2.24, 2.45) is 0 Å². The lowest BCUT2D eigenvalue weighted by Crippen LogP contribution is -2.48. The Morgan fingerprint density at radius 3 is 2.00 bits per heavy atom. The minimum Gasteiger partial charge on any atom is -0.309 e. The van der Waals surface area contributed by atoms with Gasteiger partial charge in [0.1, 0.15) is 0 Å². The molecule has 0 saturated carbocycles. The Labute approximate surface area is 310 Å². The van der Waals surface area contributed by atoms with Gasteiger partial charge in [-0.3, -0.25) is 0 Å². The van der Waals surface area contributed by atoms with E-state index in [2.05, 4.69) is 168 Å². The summed E-state index contributed by atoms with van der Waals surface area (Å²) < 4.78 is 21.4. The average Bonchev–Trinajstić information content (AvgIpc) is 3.77. The van der Waals surface area contributed by atoms with Crippen LogP contribution in [-0.2, 0) is 9.98 Å². The molecule has 0 fully saturated rings. The Morgan fingerprint density at radius 1 is 0.453 bits per heavy atom. The number of fused-ring (bicyclic) bond motifs is 14. The van der Waals surface area contributed by atoms with E-state index in [1.807, 2.05) is 29.5 Å². The SMILES string of the molecule is O=P1(c2ccccc2)c2ccccc2C2(c3ccccc3-n3c4ccccc4c4cccc2c43)c2cc(-c3ccc4sc5ccccc5c4c3)ccc21. The number of hydrogen-bond donors (Lipinski definition) is 0. The van der Waals surface area contributed by atoms with Gasteiger partial charge in [0.15, 0.2) is 7.14 Å². The number of rotatable bonds is 2. The second-order valence-electron chi connectivity index (χ2n) is 14.3. The summed E-state index contributed by atoms with van der Waals surface area (Å²) in [6, 6.07) is 65.5. The normalized spacial score (nSPS) is 18.4. The van der Waals surface area contributed by atoms with Crippen LogP contribution >= 0.6 is 18.5 Å². The second-order valence-corrected chi connectivity index (χ2v) is 18.1. The van der Waals surface area contributed by atoms with Crippen molar-refractivity contribution < 1.29 is 4.57 Å². The van der Waals surface area contributed by atoms with Gasteiger partial charge in [-0.1, -0.05) is 140 Å². The molecule has 4 heterocycles. The summed E-state index contributed by atoms with van der Waals surface area (Å²) in [5.74, 6) is 0. The van der Waals surface area contributed by atoms with E-state index in [0.29, 0.717) is 0 Å². The van der Waals surface area contributed by atoms with Crippen LogP contribution in [0.2, 0.25) is 0 Å². The van der Waals surface area contributed by atoms with Crippen LogP contribution in [-0.4, -0.2) is 4.57 Å². The zero-order chi connectivity index (χ0) is 34.9. The van der Waals surface area contributed by atoms with Gasteiger partial charge in [0, 0.05) is 46.9 Å². The van der Waals surface area contributed by atoms with Crippen LogP contribution in [0, 0.1) is 0 Å². The van der Waals surface area contributed by atoms with Crippen LogP contribution in [0.3, 0.4) is 0 Å². The Kier molecular flexibility index (Phi) is 5.88. The fourth-order valence-electron chi connectivity index (χ4n) is 9.74. The minimum absolute atomic E-state index is 0.732. The lowest BCUT2D eigenvalue weighted by molar-refractivity contribution is 0.590. The van der Waals surface area contributed by atoms with Crippen LogP contribution < -0.4 is 15.9 Å². The van der Waals surface area contributed by atoms with Crippen molar-refractivity contribution in [1.29, 1.82) is 0 Å². The highest BCUT2D eigenvalue weighted by molar-refractivity contribution is 7.85. The van der Waals surface area contributed by atoms with Crippen molar-refractivity contribution in [3.63, 3.8) is 0 Å².